The number of hydrogen-bond donors (Lipinski definition) is 1. The van der Waals surface area contributed by atoms with Gasteiger partial charge in [-0.2, -0.15) is 0 Å². The van der Waals surface area contributed by atoms with E-state index in [9.17, 15) is 18.0 Å². The molecule has 2 aromatic carbocycles. The molecule has 0 saturated heterocycles. The zero-order chi connectivity index (χ0) is 27.9. The highest BCUT2D eigenvalue weighted by Gasteiger charge is 2.33. The first-order valence-corrected chi connectivity index (χ1v) is 15.5. The molecule has 0 heterocycles. The maximum absolute atomic E-state index is 13.8. The van der Waals surface area contributed by atoms with Crippen LogP contribution >= 0.6 is 0 Å². The number of nitrogens with one attached hydrogen (secondary N) is 1. The SMILES string of the molecule is CC[C@H](C(=O)NC1CCCCC1)N(Cc1ccccc1)C(=O)CN(c1ccc(C(C)(C)C)cc1)S(C)(=O)=O. The fraction of sp³-hybridized carbons (Fsp3) is 0.533. The summed E-state index contributed by atoms with van der Waals surface area (Å²) in [6.07, 6.45) is 6.78. The Labute approximate surface area is 228 Å². The Morgan fingerprint density at radius 2 is 1.58 bits per heavy atom. The standard InChI is InChI=1S/C30H43N3O4S/c1-6-27(29(35)31-25-15-11-8-12-16-25)32(21-23-13-9-7-10-14-23)28(34)22-33(38(5,36)37)26-19-17-24(18-20-26)30(2,3)4/h7,9-10,13-14,17-20,25,27H,6,8,11-12,15-16,21-22H2,1-5H3,(H,31,35)/t27-/m1/s1. The monoisotopic (exact) mass is 541 g/mol. The van der Waals surface area contributed by atoms with Crippen molar-refractivity contribution >= 4 is 27.5 Å². The summed E-state index contributed by atoms with van der Waals surface area (Å²) in [7, 11) is -3.76. The summed E-state index contributed by atoms with van der Waals surface area (Å²) in [4.78, 5) is 28.8. The predicted molar refractivity (Wildman–Crippen MR) is 153 cm³/mol. The van der Waals surface area contributed by atoms with Gasteiger partial charge in [-0.05, 0) is 47.9 Å². The summed E-state index contributed by atoms with van der Waals surface area (Å²) in [5.41, 5.74) is 2.28. The van der Waals surface area contributed by atoms with E-state index in [1.165, 1.54) is 11.3 Å². The van der Waals surface area contributed by atoms with Gasteiger partial charge in [-0.15, -0.1) is 0 Å². The molecule has 2 amide bonds. The van der Waals surface area contributed by atoms with Crippen LogP contribution in [0, 0.1) is 0 Å². The number of hydrogen-bond acceptors (Lipinski definition) is 4. The van der Waals surface area contributed by atoms with Crippen molar-refractivity contribution in [3.05, 3.63) is 65.7 Å². The van der Waals surface area contributed by atoms with E-state index in [2.05, 4.69) is 26.1 Å². The van der Waals surface area contributed by atoms with Crippen molar-refractivity contribution in [3.63, 3.8) is 0 Å². The van der Waals surface area contributed by atoms with Crippen LogP contribution in [0.1, 0.15) is 77.3 Å². The van der Waals surface area contributed by atoms with Gasteiger partial charge in [-0.25, -0.2) is 8.42 Å². The molecule has 3 rings (SSSR count). The van der Waals surface area contributed by atoms with Gasteiger partial charge in [-0.1, -0.05) is 89.4 Å². The summed E-state index contributed by atoms with van der Waals surface area (Å²) in [5, 5.41) is 3.16. The Morgan fingerprint density at radius 3 is 2.11 bits per heavy atom. The van der Waals surface area contributed by atoms with E-state index in [0.717, 1.165) is 47.4 Å². The third kappa shape index (κ3) is 8.06. The number of carbonyl (C=O) groups excluding carboxylic acids is 2. The van der Waals surface area contributed by atoms with E-state index in [4.69, 9.17) is 0 Å². The minimum absolute atomic E-state index is 0.0865. The number of benzene rings is 2. The minimum Gasteiger partial charge on any atom is -0.352 e. The van der Waals surface area contributed by atoms with Crippen molar-refractivity contribution in [3.8, 4) is 0 Å². The van der Waals surface area contributed by atoms with Crippen LogP contribution < -0.4 is 9.62 Å². The van der Waals surface area contributed by atoms with Gasteiger partial charge in [0.05, 0.1) is 11.9 Å². The van der Waals surface area contributed by atoms with Crippen LogP contribution in [-0.2, 0) is 31.6 Å². The third-order valence-electron chi connectivity index (χ3n) is 7.23. The average molecular weight is 542 g/mol. The highest BCUT2D eigenvalue weighted by atomic mass is 32.2. The molecule has 0 aromatic heterocycles. The van der Waals surface area contributed by atoms with Gasteiger partial charge in [0, 0.05) is 12.6 Å². The van der Waals surface area contributed by atoms with Crippen LogP contribution in [0.25, 0.3) is 0 Å². The van der Waals surface area contributed by atoms with Crippen molar-refractivity contribution in [2.24, 2.45) is 0 Å². The normalized spacial score (nSPS) is 15.5. The van der Waals surface area contributed by atoms with Gasteiger partial charge >= 0.3 is 0 Å². The molecular formula is C30H43N3O4S. The molecule has 0 bridgehead atoms. The Balaban J connectivity index is 1.89. The van der Waals surface area contributed by atoms with E-state index in [0.29, 0.717) is 12.1 Å². The zero-order valence-corrected chi connectivity index (χ0v) is 24.3. The van der Waals surface area contributed by atoms with Gasteiger partial charge in [0.25, 0.3) is 0 Å². The van der Waals surface area contributed by atoms with Crippen molar-refractivity contribution < 1.29 is 18.0 Å². The molecule has 1 aliphatic carbocycles. The van der Waals surface area contributed by atoms with Crippen LogP contribution in [0.4, 0.5) is 5.69 Å². The number of carbonyl (C=O) groups is 2. The summed E-state index contributed by atoms with van der Waals surface area (Å²) in [5.74, 6) is -0.589. The molecule has 0 radical (unpaired) electrons. The number of amides is 2. The minimum atomic E-state index is -3.76. The number of nitrogens with zero attached hydrogens (tertiary/aromatic N) is 2. The van der Waals surface area contributed by atoms with Crippen LogP contribution in [0.2, 0.25) is 0 Å². The second-order valence-electron chi connectivity index (χ2n) is 11.3. The predicted octanol–water partition coefficient (Wildman–Crippen LogP) is 5.01. The van der Waals surface area contributed by atoms with E-state index in [-0.39, 0.29) is 30.5 Å². The molecule has 38 heavy (non-hydrogen) atoms. The van der Waals surface area contributed by atoms with E-state index >= 15 is 0 Å². The molecule has 208 valence electrons. The van der Waals surface area contributed by atoms with Gasteiger partial charge in [0.1, 0.15) is 12.6 Å². The Hall–Kier alpha value is -2.87. The van der Waals surface area contributed by atoms with Crippen molar-refractivity contribution in [1.29, 1.82) is 0 Å². The van der Waals surface area contributed by atoms with Crippen LogP contribution in [-0.4, -0.2) is 50.0 Å². The Kier molecular flexibility index (Phi) is 9.99. The maximum atomic E-state index is 13.8. The number of anilines is 1. The first-order chi connectivity index (χ1) is 17.9. The van der Waals surface area contributed by atoms with E-state index < -0.39 is 22.0 Å². The lowest BCUT2D eigenvalue weighted by molar-refractivity contribution is -0.140. The highest BCUT2D eigenvalue weighted by Crippen LogP contribution is 2.26. The smallest absolute Gasteiger partial charge is 0.244 e. The molecule has 0 aliphatic heterocycles. The Bertz CT molecular complexity index is 1170. The lowest BCUT2D eigenvalue weighted by Crippen LogP contribution is -2.53. The van der Waals surface area contributed by atoms with Gasteiger partial charge in [-0.3, -0.25) is 13.9 Å². The fourth-order valence-electron chi connectivity index (χ4n) is 4.99. The van der Waals surface area contributed by atoms with Gasteiger partial charge in [0.2, 0.25) is 21.8 Å². The van der Waals surface area contributed by atoms with Crippen molar-refractivity contribution in [2.45, 2.75) is 90.3 Å². The zero-order valence-electron chi connectivity index (χ0n) is 23.4. The molecule has 8 heteroatoms. The molecule has 1 saturated carbocycles. The lowest BCUT2D eigenvalue weighted by Gasteiger charge is -2.34. The molecule has 1 atom stereocenters. The number of rotatable bonds is 10. The molecule has 7 nitrogen and oxygen atoms in total. The Morgan fingerprint density at radius 1 is 0.974 bits per heavy atom. The highest BCUT2D eigenvalue weighted by molar-refractivity contribution is 7.92. The van der Waals surface area contributed by atoms with Crippen LogP contribution in [0.5, 0.6) is 0 Å². The lowest BCUT2D eigenvalue weighted by atomic mass is 9.87. The third-order valence-corrected chi connectivity index (χ3v) is 8.37. The summed E-state index contributed by atoms with van der Waals surface area (Å²) in [6, 6.07) is 16.2. The molecule has 1 aliphatic rings. The quantitative estimate of drug-likeness (QED) is 0.458. The average Bonchev–Trinajstić information content (AvgIpc) is 2.87. The molecule has 1 fully saturated rings. The first kappa shape index (κ1) is 29.7. The van der Waals surface area contributed by atoms with Crippen LogP contribution in [0.3, 0.4) is 0 Å². The van der Waals surface area contributed by atoms with Crippen molar-refractivity contribution in [2.75, 3.05) is 17.1 Å². The second kappa shape index (κ2) is 12.8. The molecular weight excluding hydrogens is 498 g/mol. The molecule has 0 unspecified atom stereocenters. The van der Waals surface area contributed by atoms with Gasteiger partial charge in [0.15, 0.2) is 0 Å². The number of sulfonamides is 1. The van der Waals surface area contributed by atoms with E-state index in [1.54, 1.807) is 12.1 Å². The second-order valence-corrected chi connectivity index (χ2v) is 13.2. The van der Waals surface area contributed by atoms with Gasteiger partial charge < -0.3 is 10.2 Å². The maximum Gasteiger partial charge on any atom is 0.244 e. The first-order valence-electron chi connectivity index (χ1n) is 13.6. The molecule has 2 aromatic rings. The van der Waals surface area contributed by atoms with Crippen molar-refractivity contribution in [1.82, 2.24) is 10.2 Å². The summed E-state index contributed by atoms with van der Waals surface area (Å²) < 4.78 is 26.8. The molecule has 1 N–H and O–H groups in total. The molecule has 0 spiro atoms. The fourth-order valence-corrected chi connectivity index (χ4v) is 5.83. The van der Waals surface area contributed by atoms with E-state index in [1.807, 2.05) is 49.4 Å². The largest absolute Gasteiger partial charge is 0.352 e. The summed E-state index contributed by atoms with van der Waals surface area (Å²) >= 11 is 0. The topological polar surface area (TPSA) is 86.8 Å². The summed E-state index contributed by atoms with van der Waals surface area (Å²) in [6.45, 7) is 7.99. The van der Waals surface area contributed by atoms with Crippen LogP contribution in [0.15, 0.2) is 54.6 Å².